The first-order valence-electron chi connectivity index (χ1n) is 11.1. The van der Waals surface area contributed by atoms with Crippen LogP contribution in [0.25, 0.3) is 0 Å². The van der Waals surface area contributed by atoms with Crippen molar-refractivity contribution in [1.82, 2.24) is 0 Å². The van der Waals surface area contributed by atoms with E-state index in [1.165, 1.54) is 51.4 Å². The molecule has 1 aliphatic carbocycles. The number of rotatable bonds is 12. The van der Waals surface area contributed by atoms with Crippen LogP contribution in [0.4, 0.5) is 0 Å². The van der Waals surface area contributed by atoms with Crippen LogP contribution in [0.15, 0.2) is 12.2 Å². The second-order valence-corrected chi connectivity index (χ2v) is 12.0. The number of allylic oxidation sites excluding steroid dienone is 2. The molecule has 0 aliphatic heterocycles. The summed E-state index contributed by atoms with van der Waals surface area (Å²) in [5, 5.41) is 0. The normalized spacial score (nSPS) is 20.2. The van der Waals surface area contributed by atoms with Crippen LogP contribution in [0.2, 0.25) is 13.1 Å². The summed E-state index contributed by atoms with van der Waals surface area (Å²) in [6.07, 6.45) is 17.9. The molecule has 0 heterocycles. The Labute approximate surface area is 164 Å². The van der Waals surface area contributed by atoms with Crippen molar-refractivity contribution in [2.45, 2.75) is 104 Å². The summed E-state index contributed by atoms with van der Waals surface area (Å²) in [4.78, 5) is 11.6. The van der Waals surface area contributed by atoms with Crippen molar-refractivity contribution in [3.63, 3.8) is 0 Å². The number of unbranched alkanes of at least 4 members (excludes halogenated alkanes) is 5. The van der Waals surface area contributed by atoms with Crippen molar-refractivity contribution >= 4 is 14.8 Å². The molecule has 1 fully saturated rings. The molecular formula is C23H44O2Si. The largest absolute Gasteiger partial charge is 0.421 e. The monoisotopic (exact) mass is 380 g/mol. The molecule has 0 spiro atoms. The van der Waals surface area contributed by atoms with Crippen molar-refractivity contribution in [2.24, 2.45) is 17.3 Å². The number of carbonyl (C=O) groups excluding carboxylic acids is 1. The van der Waals surface area contributed by atoms with Gasteiger partial charge in [-0.05, 0) is 56.0 Å². The predicted octanol–water partition coefficient (Wildman–Crippen LogP) is 6.69. The Morgan fingerprint density at radius 2 is 1.77 bits per heavy atom. The average Bonchev–Trinajstić information content (AvgIpc) is 2.54. The van der Waals surface area contributed by atoms with Gasteiger partial charge in [0, 0.05) is 19.4 Å². The Morgan fingerprint density at radius 3 is 2.38 bits per heavy atom. The van der Waals surface area contributed by atoms with Gasteiger partial charge in [-0.1, -0.05) is 65.0 Å². The molecule has 152 valence electrons. The molecule has 2 nitrogen and oxygen atoms in total. The smallest absolute Gasteiger partial charge is 0.170 e. The minimum atomic E-state index is -0.815. The van der Waals surface area contributed by atoms with Crippen molar-refractivity contribution in [3.05, 3.63) is 12.2 Å². The van der Waals surface area contributed by atoms with E-state index < -0.39 is 9.04 Å². The van der Waals surface area contributed by atoms with Gasteiger partial charge in [-0.15, -0.1) is 0 Å². The molecule has 0 aromatic carbocycles. The zero-order valence-corrected chi connectivity index (χ0v) is 19.3. The molecule has 2 unspecified atom stereocenters. The van der Waals surface area contributed by atoms with Crippen LogP contribution in [0, 0.1) is 17.3 Å². The first kappa shape index (κ1) is 23.6. The summed E-state index contributed by atoms with van der Waals surface area (Å²) in [7, 11) is -0.815. The summed E-state index contributed by atoms with van der Waals surface area (Å²) >= 11 is 0. The Hall–Kier alpha value is -0.413. The second kappa shape index (κ2) is 12.9. The number of hydrogen-bond donors (Lipinski definition) is 0. The number of Topliss-reactive ketones (excluding diaryl/α,β-unsaturated/α-hetero) is 1. The minimum Gasteiger partial charge on any atom is -0.421 e. The summed E-state index contributed by atoms with van der Waals surface area (Å²) in [5.41, 5.74) is 0.313. The fraction of sp³-hybridized carbons (Fsp3) is 0.870. The topological polar surface area (TPSA) is 26.3 Å². The van der Waals surface area contributed by atoms with Crippen LogP contribution >= 0.6 is 0 Å². The Kier molecular flexibility index (Phi) is 11.7. The third-order valence-electron chi connectivity index (χ3n) is 5.61. The third kappa shape index (κ3) is 11.3. The Morgan fingerprint density at radius 1 is 1.12 bits per heavy atom. The van der Waals surface area contributed by atoms with E-state index >= 15 is 0 Å². The van der Waals surface area contributed by atoms with Crippen molar-refractivity contribution in [1.29, 1.82) is 0 Å². The van der Waals surface area contributed by atoms with Gasteiger partial charge in [0.25, 0.3) is 0 Å². The van der Waals surface area contributed by atoms with Crippen LogP contribution in [-0.4, -0.2) is 21.4 Å². The number of carbonyl (C=O) groups is 1. The van der Waals surface area contributed by atoms with Gasteiger partial charge in [0.15, 0.2) is 9.04 Å². The maximum atomic E-state index is 11.6. The van der Waals surface area contributed by atoms with Crippen molar-refractivity contribution in [3.8, 4) is 0 Å². The molecular weight excluding hydrogens is 336 g/mol. The fourth-order valence-electron chi connectivity index (χ4n) is 3.82. The SMILES string of the molecule is C[SiH](C)OCCCCCCCCC(C=CC1CCCC(=O)C1)C(C)(C)C. The lowest BCUT2D eigenvalue weighted by atomic mass is 9.76. The van der Waals surface area contributed by atoms with Gasteiger partial charge < -0.3 is 4.43 Å². The molecule has 0 bridgehead atoms. The van der Waals surface area contributed by atoms with Gasteiger partial charge in [-0.25, -0.2) is 0 Å². The van der Waals surface area contributed by atoms with Crippen LogP contribution < -0.4 is 0 Å². The third-order valence-corrected chi connectivity index (χ3v) is 6.51. The highest BCUT2D eigenvalue weighted by Gasteiger charge is 2.23. The summed E-state index contributed by atoms with van der Waals surface area (Å²) < 4.78 is 5.73. The molecule has 0 saturated heterocycles. The maximum Gasteiger partial charge on any atom is 0.170 e. The van der Waals surface area contributed by atoms with E-state index in [-0.39, 0.29) is 0 Å². The van der Waals surface area contributed by atoms with Gasteiger partial charge in [-0.2, -0.15) is 0 Å². The number of ketones is 1. The molecule has 0 aromatic rings. The van der Waals surface area contributed by atoms with Gasteiger partial charge in [0.05, 0.1) is 0 Å². The first-order valence-corrected chi connectivity index (χ1v) is 13.9. The maximum absolute atomic E-state index is 11.6. The van der Waals surface area contributed by atoms with E-state index in [1.807, 2.05) is 0 Å². The van der Waals surface area contributed by atoms with Gasteiger partial charge in [-0.3, -0.25) is 4.79 Å². The molecule has 3 heteroatoms. The zero-order chi connectivity index (χ0) is 19.4. The van der Waals surface area contributed by atoms with E-state index in [0.29, 0.717) is 23.0 Å². The van der Waals surface area contributed by atoms with Crippen LogP contribution in [0.5, 0.6) is 0 Å². The molecule has 1 aliphatic rings. The fourth-order valence-corrected chi connectivity index (χ4v) is 4.46. The average molecular weight is 381 g/mol. The summed E-state index contributed by atoms with van der Waals surface area (Å²) in [6, 6.07) is 0. The predicted molar refractivity (Wildman–Crippen MR) is 116 cm³/mol. The van der Waals surface area contributed by atoms with E-state index in [4.69, 9.17) is 4.43 Å². The summed E-state index contributed by atoms with van der Waals surface area (Å²) in [6.45, 7) is 12.5. The molecule has 0 aromatic heterocycles. The Balaban J connectivity index is 2.21. The minimum absolute atomic E-state index is 0.313. The lowest BCUT2D eigenvalue weighted by Crippen LogP contribution is -2.19. The highest BCUT2D eigenvalue weighted by atomic mass is 28.3. The van der Waals surface area contributed by atoms with Crippen LogP contribution in [0.3, 0.4) is 0 Å². The Bertz CT molecular complexity index is 409. The summed E-state index contributed by atoms with van der Waals surface area (Å²) in [5.74, 6) is 1.58. The second-order valence-electron chi connectivity index (χ2n) is 9.58. The first-order chi connectivity index (χ1) is 12.3. The van der Waals surface area contributed by atoms with Gasteiger partial charge in [0.2, 0.25) is 0 Å². The van der Waals surface area contributed by atoms with Crippen LogP contribution in [0.1, 0.15) is 91.4 Å². The zero-order valence-electron chi connectivity index (χ0n) is 18.2. The molecule has 1 saturated carbocycles. The van der Waals surface area contributed by atoms with E-state index in [9.17, 15) is 4.79 Å². The molecule has 0 radical (unpaired) electrons. The lowest BCUT2D eigenvalue weighted by Gasteiger charge is -2.29. The molecule has 26 heavy (non-hydrogen) atoms. The van der Waals surface area contributed by atoms with E-state index in [2.05, 4.69) is 46.0 Å². The molecule has 0 N–H and O–H groups in total. The van der Waals surface area contributed by atoms with Crippen molar-refractivity contribution in [2.75, 3.05) is 6.61 Å². The highest BCUT2D eigenvalue weighted by Crippen LogP contribution is 2.33. The van der Waals surface area contributed by atoms with Crippen LogP contribution in [-0.2, 0) is 9.22 Å². The van der Waals surface area contributed by atoms with E-state index in [0.717, 1.165) is 25.9 Å². The standard InChI is InChI=1S/C23H44O2Si/c1-23(2,3)21(17-16-20-13-12-15-22(24)19-20)14-10-8-6-7-9-11-18-25-26(4)5/h16-17,20-21,26H,6-15,18-19H2,1-5H3. The van der Waals surface area contributed by atoms with E-state index in [1.54, 1.807) is 0 Å². The molecule has 1 rings (SSSR count). The molecule has 2 atom stereocenters. The lowest BCUT2D eigenvalue weighted by molar-refractivity contribution is -0.121. The molecule has 0 amide bonds. The van der Waals surface area contributed by atoms with Gasteiger partial charge in [0.1, 0.15) is 5.78 Å². The van der Waals surface area contributed by atoms with Gasteiger partial charge >= 0.3 is 0 Å². The number of hydrogen-bond acceptors (Lipinski definition) is 2. The van der Waals surface area contributed by atoms with Crippen molar-refractivity contribution < 1.29 is 9.22 Å². The highest BCUT2D eigenvalue weighted by molar-refractivity contribution is 6.48. The quantitative estimate of drug-likeness (QED) is 0.214.